The van der Waals surface area contributed by atoms with Crippen molar-refractivity contribution in [1.29, 1.82) is 0 Å². The van der Waals surface area contributed by atoms with Crippen molar-refractivity contribution < 1.29 is 72.6 Å². The van der Waals surface area contributed by atoms with Crippen LogP contribution in [0.15, 0.2) is 0 Å². The van der Waals surface area contributed by atoms with Gasteiger partial charge in [-0.1, -0.05) is 110 Å². The fourth-order valence-corrected chi connectivity index (χ4v) is 3.46. The summed E-state index contributed by atoms with van der Waals surface area (Å²) in [6.07, 6.45) is 20.9. The van der Waals surface area contributed by atoms with Gasteiger partial charge in [0.15, 0.2) is 0 Å². The van der Waals surface area contributed by atoms with Crippen molar-refractivity contribution in [2.45, 2.75) is 122 Å². The number of rotatable bonds is 20. The standard InChI is InChI=1S/C22H42O4.K.H/c1-2-3-4-5-6-7-8-9-10-11-12-13-14-15-16-17-18-20(22(25)26)19-21(23)24;;/h20H,2-19H2,1H3,(H,23,24)(H,25,26);;/q;+1;-1. The number of carboxylic acid groups (broad SMARTS) is 2. The summed E-state index contributed by atoms with van der Waals surface area (Å²) in [5.41, 5.74) is 0. The summed E-state index contributed by atoms with van der Waals surface area (Å²) in [7, 11) is 0. The zero-order valence-corrected chi connectivity index (χ0v) is 21.1. The monoisotopic (exact) mass is 410 g/mol. The Morgan fingerprint density at radius 2 is 1.00 bits per heavy atom. The van der Waals surface area contributed by atoms with E-state index in [1.807, 2.05) is 0 Å². The van der Waals surface area contributed by atoms with Crippen molar-refractivity contribution in [2.75, 3.05) is 0 Å². The Bertz CT molecular complexity index is 353. The van der Waals surface area contributed by atoms with Gasteiger partial charge in [0, 0.05) is 0 Å². The summed E-state index contributed by atoms with van der Waals surface area (Å²) in [4.78, 5) is 21.6. The van der Waals surface area contributed by atoms with Gasteiger partial charge < -0.3 is 11.6 Å². The van der Waals surface area contributed by atoms with Crippen molar-refractivity contribution in [3.8, 4) is 0 Å². The summed E-state index contributed by atoms with van der Waals surface area (Å²) >= 11 is 0. The Morgan fingerprint density at radius 1 is 0.667 bits per heavy atom. The first-order valence-electron chi connectivity index (χ1n) is 11.0. The second kappa shape index (κ2) is 22.9. The van der Waals surface area contributed by atoms with Crippen LogP contribution >= 0.6 is 0 Å². The van der Waals surface area contributed by atoms with Gasteiger partial charge in [0.25, 0.3) is 0 Å². The molecule has 0 aromatic heterocycles. The molecule has 0 aliphatic rings. The van der Waals surface area contributed by atoms with Crippen LogP contribution in [0.5, 0.6) is 0 Å². The van der Waals surface area contributed by atoms with Gasteiger partial charge in [-0.2, -0.15) is 0 Å². The SMILES string of the molecule is CCCCCCCCCCCCCCCCCCC(CC(=O)O)C(=O)O.[H-].[K+]. The Labute approximate surface area is 211 Å². The molecule has 0 aliphatic carbocycles. The predicted octanol–water partition coefficient (Wildman–Crippen LogP) is 3.93. The zero-order valence-electron chi connectivity index (χ0n) is 19.0. The van der Waals surface area contributed by atoms with E-state index < -0.39 is 17.9 Å². The zero-order chi connectivity index (χ0) is 19.5. The molecule has 0 aliphatic heterocycles. The van der Waals surface area contributed by atoms with Crippen LogP contribution in [0, 0.1) is 5.92 Å². The molecule has 4 nitrogen and oxygen atoms in total. The van der Waals surface area contributed by atoms with Crippen molar-refractivity contribution in [1.82, 2.24) is 0 Å². The van der Waals surface area contributed by atoms with Crippen LogP contribution in [0.3, 0.4) is 0 Å². The van der Waals surface area contributed by atoms with Crippen LogP contribution in [0.25, 0.3) is 0 Å². The van der Waals surface area contributed by atoms with Gasteiger partial charge in [0.2, 0.25) is 0 Å². The minimum atomic E-state index is -1.02. The average molecular weight is 411 g/mol. The fraction of sp³-hybridized carbons (Fsp3) is 0.909. The maximum atomic E-state index is 11.0. The summed E-state index contributed by atoms with van der Waals surface area (Å²) in [5.74, 6) is -2.72. The second-order valence-electron chi connectivity index (χ2n) is 7.72. The maximum absolute atomic E-state index is 11.0. The molecule has 5 heteroatoms. The van der Waals surface area contributed by atoms with E-state index in [2.05, 4.69) is 6.92 Å². The molecule has 1 unspecified atom stereocenters. The van der Waals surface area contributed by atoms with Crippen LogP contribution in [0.1, 0.15) is 124 Å². The third-order valence-electron chi connectivity index (χ3n) is 5.18. The molecule has 0 spiro atoms. The number of unbranched alkanes of at least 4 members (excludes halogenated alkanes) is 15. The summed E-state index contributed by atoms with van der Waals surface area (Å²) in [5, 5.41) is 17.7. The number of carboxylic acids is 2. The van der Waals surface area contributed by atoms with Crippen LogP contribution in [0.2, 0.25) is 0 Å². The average Bonchev–Trinajstić information content (AvgIpc) is 2.59. The molecule has 0 fully saturated rings. The van der Waals surface area contributed by atoms with Crippen molar-refractivity contribution in [2.24, 2.45) is 5.92 Å². The molecule has 0 radical (unpaired) electrons. The van der Waals surface area contributed by atoms with E-state index >= 15 is 0 Å². The first-order valence-corrected chi connectivity index (χ1v) is 11.0. The molecule has 0 rings (SSSR count). The summed E-state index contributed by atoms with van der Waals surface area (Å²) in [6, 6.07) is 0. The van der Waals surface area contributed by atoms with Gasteiger partial charge in [-0.25, -0.2) is 0 Å². The quantitative estimate of drug-likeness (QED) is 0.236. The number of aliphatic carboxylic acids is 2. The van der Waals surface area contributed by atoms with Gasteiger partial charge in [-0.15, -0.1) is 0 Å². The van der Waals surface area contributed by atoms with E-state index in [0.717, 1.165) is 19.3 Å². The van der Waals surface area contributed by atoms with E-state index in [4.69, 9.17) is 10.2 Å². The van der Waals surface area contributed by atoms with Crippen LogP contribution in [0.4, 0.5) is 0 Å². The van der Waals surface area contributed by atoms with Crippen molar-refractivity contribution in [3.63, 3.8) is 0 Å². The Morgan fingerprint density at radius 3 is 1.30 bits per heavy atom. The van der Waals surface area contributed by atoms with Gasteiger partial charge in [0.1, 0.15) is 0 Å². The number of hydrogen-bond donors (Lipinski definition) is 2. The van der Waals surface area contributed by atoms with Crippen molar-refractivity contribution in [3.05, 3.63) is 0 Å². The topological polar surface area (TPSA) is 74.6 Å². The van der Waals surface area contributed by atoms with E-state index in [1.54, 1.807) is 0 Å². The Balaban J connectivity index is -0.00000312. The molecule has 156 valence electrons. The molecule has 0 saturated heterocycles. The molecule has 0 heterocycles. The fourth-order valence-electron chi connectivity index (χ4n) is 3.46. The van der Waals surface area contributed by atoms with Crippen molar-refractivity contribution >= 4 is 11.9 Å². The molecular weight excluding hydrogens is 367 g/mol. The first kappa shape index (κ1) is 29.8. The van der Waals surface area contributed by atoms with Gasteiger partial charge in [-0.05, 0) is 6.42 Å². The minimum Gasteiger partial charge on any atom is -1.00 e. The van der Waals surface area contributed by atoms with E-state index in [1.165, 1.54) is 83.5 Å². The van der Waals surface area contributed by atoms with E-state index in [0.29, 0.717) is 6.42 Å². The number of carbonyl (C=O) groups is 2. The molecule has 0 bridgehead atoms. The molecule has 1 atom stereocenters. The minimum absolute atomic E-state index is 0. The third-order valence-corrected chi connectivity index (χ3v) is 5.18. The third kappa shape index (κ3) is 22.7. The van der Waals surface area contributed by atoms with Crippen LogP contribution < -0.4 is 51.4 Å². The van der Waals surface area contributed by atoms with E-state index in [9.17, 15) is 9.59 Å². The molecule has 27 heavy (non-hydrogen) atoms. The molecule has 0 aromatic rings. The molecule has 0 aromatic carbocycles. The van der Waals surface area contributed by atoms with Gasteiger partial charge >= 0.3 is 63.3 Å². The molecule has 0 amide bonds. The molecular formula is C22H43KO4. The second-order valence-corrected chi connectivity index (χ2v) is 7.72. The Hall–Kier alpha value is 0.576. The van der Waals surface area contributed by atoms with Crippen LogP contribution in [-0.2, 0) is 9.59 Å². The van der Waals surface area contributed by atoms with Gasteiger partial charge in [-0.3, -0.25) is 9.59 Å². The number of hydrogen-bond acceptors (Lipinski definition) is 2. The predicted molar refractivity (Wildman–Crippen MR) is 109 cm³/mol. The Kier molecular flexibility index (Phi) is 25.2. The summed E-state index contributed by atoms with van der Waals surface area (Å²) in [6.45, 7) is 2.26. The van der Waals surface area contributed by atoms with Gasteiger partial charge in [0.05, 0.1) is 12.3 Å². The first-order chi connectivity index (χ1) is 12.6. The normalized spacial score (nSPS) is 11.7. The smallest absolute Gasteiger partial charge is 1.00 e. The largest absolute Gasteiger partial charge is 1.00 e. The maximum Gasteiger partial charge on any atom is 1.00 e. The molecule has 2 N–H and O–H groups in total. The van der Waals surface area contributed by atoms with E-state index in [-0.39, 0.29) is 59.2 Å². The summed E-state index contributed by atoms with van der Waals surface area (Å²) < 4.78 is 0. The van der Waals surface area contributed by atoms with Crippen LogP contribution in [-0.4, -0.2) is 22.2 Å². The molecule has 0 saturated carbocycles.